The molecule has 2 aromatic heterocycles. The summed E-state index contributed by atoms with van der Waals surface area (Å²) < 4.78 is 2.96. The van der Waals surface area contributed by atoms with Crippen molar-refractivity contribution in [3.05, 3.63) is 81.1 Å². The third kappa shape index (κ3) is 6.43. The summed E-state index contributed by atoms with van der Waals surface area (Å²) in [5.41, 5.74) is 4.61. The number of piperazine rings is 1. The van der Waals surface area contributed by atoms with Crippen molar-refractivity contribution in [2.24, 2.45) is 5.92 Å². The Morgan fingerprint density at radius 2 is 1.90 bits per heavy atom. The molecule has 2 fully saturated rings. The topological polar surface area (TPSA) is 83.4 Å². The molecule has 0 spiro atoms. The molecule has 10 heteroatoms. The van der Waals surface area contributed by atoms with Gasteiger partial charge in [-0.15, -0.1) is 0 Å². The van der Waals surface area contributed by atoms with Crippen molar-refractivity contribution in [2.45, 2.75) is 70.0 Å². The minimum Gasteiger partial charge on any atom is -0.354 e. The fourth-order valence-corrected chi connectivity index (χ4v) is 7.48. The lowest BCUT2D eigenvalue weighted by atomic mass is 9.87. The molecule has 0 bridgehead atoms. The van der Waals surface area contributed by atoms with Gasteiger partial charge in [0.05, 0.1) is 18.1 Å². The Morgan fingerprint density at radius 1 is 1.07 bits per heavy atom. The first-order chi connectivity index (χ1) is 20.5. The number of rotatable bonds is 7. The van der Waals surface area contributed by atoms with E-state index < -0.39 is 6.04 Å². The molecule has 3 aliphatic rings. The van der Waals surface area contributed by atoms with E-state index >= 15 is 0 Å². The minimum absolute atomic E-state index is 0.0160. The van der Waals surface area contributed by atoms with Gasteiger partial charge in [0, 0.05) is 66.7 Å². The van der Waals surface area contributed by atoms with E-state index in [1.165, 1.54) is 23.1 Å². The third-order valence-corrected chi connectivity index (χ3v) is 9.73. The van der Waals surface area contributed by atoms with Crippen LogP contribution in [0.4, 0.5) is 0 Å². The van der Waals surface area contributed by atoms with Crippen LogP contribution in [0.3, 0.4) is 0 Å². The number of nitrogens with zero attached hydrogens (tertiary/aromatic N) is 5. The number of benzene rings is 1. The normalized spacial score (nSPS) is 21.3. The minimum atomic E-state index is -0.556. The monoisotopic (exact) mass is 652 g/mol. The van der Waals surface area contributed by atoms with E-state index in [0.717, 1.165) is 66.7 Å². The SMILES string of the molecule is O=C(NCCCn1ccnc1)C1CN(C2c3ccc(Cl)cc3CCc3cc(Br)cnc32)CCN1C(=O)C1CCCCC1. The van der Waals surface area contributed by atoms with Crippen LogP contribution in [0.1, 0.15) is 67.0 Å². The van der Waals surface area contributed by atoms with E-state index in [9.17, 15) is 9.59 Å². The van der Waals surface area contributed by atoms with Crippen molar-refractivity contribution < 1.29 is 9.59 Å². The molecule has 1 aliphatic heterocycles. The zero-order chi connectivity index (χ0) is 29.1. The lowest BCUT2D eigenvalue weighted by Gasteiger charge is -2.45. The molecule has 3 heterocycles. The van der Waals surface area contributed by atoms with Gasteiger partial charge in [0.25, 0.3) is 0 Å². The molecular weight excluding hydrogens is 616 g/mol. The number of pyridine rings is 1. The highest BCUT2D eigenvalue weighted by atomic mass is 79.9. The van der Waals surface area contributed by atoms with Gasteiger partial charge in [-0.2, -0.15) is 0 Å². The zero-order valence-electron chi connectivity index (χ0n) is 23.9. The first-order valence-corrected chi connectivity index (χ1v) is 16.4. The Labute approximate surface area is 261 Å². The maximum absolute atomic E-state index is 13.8. The summed E-state index contributed by atoms with van der Waals surface area (Å²) in [5.74, 6) is 0.0779. The second kappa shape index (κ2) is 13.3. The van der Waals surface area contributed by atoms with E-state index in [2.05, 4.69) is 49.3 Å². The number of nitrogens with one attached hydrogen (secondary N) is 1. The number of carbonyl (C=O) groups excluding carboxylic acids is 2. The van der Waals surface area contributed by atoms with Crippen LogP contribution < -0.4 is 5.32 Å². The number of amides is 2. The molecule has 1 aromatic carbocycles. The van der Waals surface area contributed by atoms with E-state index in [4.69, 9.17) is 16.6 Å². The predicted octanol–water partition coefficient (Wildman–Crippen LogP) is 5.18. The second-order valence-electron chi connectivity index (χ2n) is 11.8. The van der Waals surface area contributed by atoms with Crippen LogP contribution >= 0.6 is 27.5 Å². The molecule has 0 radical (unpaired) electrons. The van der Waals surface area contributed by atoms with Crippen LogP contribution in [0.5, 0.6) is 0 Å². The lowest BCUT2D eigenvalue weighted by Crippen LogP contribution is -2.62. The van der Waals surface area contributed by atoms with Gasteiger partial charge >= 0.3 is 0 Å². The predicted molar refractivity (Wildman–Crippen MR) is 166 cm³/mol. The summed E-state index contributed by atoms with van der Waals surface area (Å²) in [6.07, 6.45) is 15.1. The molecule has 8 nitrogen and oxygen atoms in total. The molecule has 2 unspecified atom stereocenters. The molecule has 1 saturated carbocycles. The Balaban J connectivity index is 1.27. The molecular formula is C32H38BrClN6O2. The first kappa shape index (κ1) is 29.3. The van der Waals surface area contributed by atoms with Crippen LogP contribution in [0.15, 0.2) is 53.7 Å². The number of carbonyl (C=O) groups is 2. The summed E-state index contributed by atoms with van der Waals surface area (Å²) in [6.45, 7) is 2.97. The fourth-order valence-electron chi connectivity index (χ4n) is 6.90. The van der Waals surface area contributed by atoms with Gasteiger partial charge in [-0.3, -0.25) is 19.5 Å². The number of hydrogen-bond acceptors (Lipinski definition) is 5. The van der Waals surface area contributed by atoms with Crippen molar-refractivity contribution in [3.63, 3.8) is 0 Å². The number of imidazole rings is 1. The van der Waals surface area contributed by atoms with Crippen molar-refractivity contribution in [2.75, 3.05) is 26.2 Å². The summed E-state index contributed by atoms with van der Waals surface area (Å²) in [7, 11) is 0. The van der Waals surface area contributed by atoms with Gasteiger partial charge in [-0.1, -0.05) is 36.9 Å². The highest BCUT2D eigenvalue weighted by Crippen LogP contribution is 2.39. The number of fused-ring (bicyclic) bond motifs is 2. The van der Waals surface area contributed by atoms with E-state index in [-0.39, 0.29) is 23.8 Å². The summed E-state index contributed by atoms with van der Waals surface area (Å²) >= 11 is 10.1. The Bertz CT molecular complexity index is 1360. The van der Waals surface area contributed by atoms with Crippen LogP contribution in [0, 0.1) is 5.92 Å². The molecule has 1 saturated heterocycles. The van der Waals surface area contributed by atoms with Crippen LogP contribution in [0.2, 0.25) is 5.02 Å². The zero-order valence-corrected chi connectivity index (χ0v) is 26.2. The molecule has 2 aliphatic carbocycles. The second-order valence-corrected chi connectivity index (χ2v) is 13.1. The van der Waals surface area contributed by atoms with E-state index in [1.807, 2.05) is 27.9 Å². The van der Waals surface area contributed by atoms with Crippen LogP contribution in [-0.4, -0.2) is 68.4 Å². The average Bonchev–Trinajstić information content (AvgIpc) is 3.48. The molecule has 1 N–H and O–H groups in total. The summed E-state index contributed by atoms with van der Waals surface area (Å²) in [6, 6.07) is 7.62. The fraction of sp³-hybridized carbons (Fsp3) is 0.500. The lowest BCUT2D eigenvalue weighted by molar-refractivity contribution is -0.148. The van der Waals surface area contributed by atoms with Gasteiger partial charge in [-0.25, -0.2) is 4.98 Å². The Morgan fingerprint density at radius 3 is 2.71 bits per heavy atom. The molecule has 2 atom stereocenters. The van der Waals surface area contributed by atoms with Gasteiger partial charge in [0.1, 0.15) is 6.04 Å². The van der Waals surface area contributed by atoms with Crippen LogP contribution in [-0.2, 0) is 29.0 Å². The molecule has 2 amide bonds. The standard InChI is InChI=1S/C32H38BrClN6O2/c33-25-17-24-8-7-23-18-26(34)9-10-27(23)30(29(24)37-19-25)39-15-16-40(32(42)22-5-2-1-3-6-22)28(20-39)31(41)36-11-4-13-38-14-12-35-21-38/h9-10,12,14,17-19,21-22,28,30H,1-8,11,13,15-16,20H2,(H,36,41). The number of hydrogen-bond donors (Lipinski definition) is 1. The smallest absolute Gasteiger partial charge is 0.244 e. The maximum Gasteiger partial charge on any atom is 0.244 e. The quantitative estimate of drug-likeness (QED) is 0.356. The van der Waals surface area contributed by atoms with Crippen molar-refractivity contribution in [1.29, 1.82) is 0 Å². The Hall–Kier alpha value is -2.75. The number of aryl methyl sites for hydroxylation is 3. The van der Waals surface area contributed by atoms with Crippen molar-refractivity contribution in [3.8, 4) is 0 Å². The van der Waals surface area contributed by atoms with Gasteiger partial charge in [-0.05, 0) is 82.9 Å². The van der Waals surface area contributed by atoms with Crippen molar-refractivity contribution in [1.82, 2.24) is 29.7 Å². The Kier molecular flexibility index (Phi) is 9.26. The number of halogens is 2. The highest BCUT2D eigenvalue weighted by molar-refractivity contribution is 9.10. The highest BCUT2D eigenvalue weighted by Gasteiger charge is 2.41. The first-order valence-electron chi connectivity index (χ1n) is 15.2. The maximum atomic E-state index is 13.8. The van der Waals surface area contributed by atoms with Gasteiger partial charge in [0.15, 0.2) is 0 Å². The molecule has 6 rings (SSSR count). The van der Waals surface area contributed by atoms with E-state index in [1.54, 1.807) is 12.5 Å². The van der Waals surface area contributed by atoms with Crippen LogP contribution in [0.25, 0.3) is 0 Å². The number of aromatic nitrogens is 3. The molecule has 3 aromatic rings. The van der Waals surface area contributed by atoms with Gasteiger partial charge < -0.3 is 14.8 Å². The van der Waals surface area contributed by atoms with Crippen molar-refractivity contribution >= 4 is 39.3 Å². The molecule has 42 heavy (non-hydrogen) atoms. The van der Waals surface area contributed by atoms with E-state index in [0.29, 0.717) is 26.2 Å². The average molecular weight is 654 g/mol. The third-order valence-electron chi connectivity index (χ3n) is 9.06. The largest absolute Gasteiger partial charge is 0.354 e. The summed E-state index contributed by atoms with van der Waals surface area (Å²) in [5, 5.41) is 3.88. The van der Waals surface area contributed by atoms with Gasteiger partial charge in [0.2, 0.25) is 11.8 Å². The summed E-state index contributed by atoms with van der Waals surface area (Å²) in [4.78, 5) is 41.0. The molecule has 222 valence electrons.